The van der Waals surface area contributed by atoms with E-state index in [1.165, 1.54) is 4.88 Å². The van der Waals surface area contributed by atoms with Crippen LogP contribution in [0.15, 0.2) is 42.6 Å². The molecule has 0 spiro atoms. The van der Waals surface area contributed by atoms with Gasteiger partial charge in [0.2, 0.25) is 0 Å². The van der Waals surface area contributed by atoms with Gasteiger partial charge >= 0.3 is 0 Å². The fraction of sp³-hybridized carbons (Fsp3) is 0.381. The Balaban J connectivity index is 1.32. The first-order valence-corrected chi connectivity index (χ1v) is 10.6. The summed E-state index contributed by atoms with van der Waals surface area (Å²) in [5, 5.41) is 11.9. The zero-order chi connectivity index (χ0) is 19.3. The molecule has 1 aliphatic heterocycles. The molecule has 1 atom stereocenters. The van der Waals surface area contributed by atoms with Gasteiger partial charge in [0.05, 0.1) is 16.7 Å². The molecule has 0 bridgehead atoms. The number of thiazole rings is 1. The van der Waals surface area contributed by atoms with Crippen molar-refractivity contribution in [2.45, 2.75) is 32.2 Å². The zero-order valence-corrected chi connectivity index (χ0v) is 16.8. The summed E-state index contributed by atoms with van der Waals surface area (Å²) in [5.41, 5.74) is 2.65. The molecule has 0 radical (unpaired) electrons. The van der Waals surface area contributed by atoms with Gasteiger partial charge in [0.1, 0.15) is 5.69 Å². The first-order chi connectivity index (χ1) is 13.7. The average molecular weight is 396 g/mol. The van der Waals surface area contributed by atoms with Crippen molar-refractivity contribution in [3.63, 3.8) is 0 Å². The standard InChI is InChI=1S/C21H25N5OS/c1-15-20(16-6-3-2-4-7-16)24-19(28-15)9-12-23-21(27)18-10-13-26(25-18)17-8-5-11-22-14-17/h2-4,6-7,10,13,17,22H,5,8-9,11-12,14H2,1H3,(H,23,27). The number of nitrogens with zero attached hydrogens (tertiary/aromatic N) is 3. The number of aryl methyl sites for hydroxylation is 1. The largest absolute Gasteiger partial charge is 0.350 e. The molecule has 0 saturated carbocycles. The van der Waals surface area contributed by atoms with Crippen LogP contribution in [-0.2, 0) is 6.42 Å². The lowest BCUT2D eigenvalue weighted by molar-refractivity contribution is 0.0948. The van der Waals surface area contributed by atoms with E-state index in [2.05, 4.69) is 34.8 Å². The summed E-state index contributed by atoms with van der Waals surface area (Å²) < 4.78 is 1.91. The second-order valence-electron chi connectivity index (χ2n) is 7.07. The van der Waals surface area contributed by atoms with Crippen molar-refractivity contribution in [3.8, 4) is 11.3 Å². The van der Waals surface area contributed by atoms with E-state index in [0.717, 1.165) is 48.6 Å². The Kier molecular flexibility index (Phi) is 5.83. The first kappa shape index (κ1) is 18.8. The molecule has 6 nitrogen and oxygen atoms in total. The lowest BCUT2D eigenvalue weighted by Crippen LogP contribution is -2.32. The van der Waals surface area contributed by atoms with Gasteiger partial charge in [-0.1, -0.05) is 30.3 Å². The molecule has 4 rings (SSSR count). The number of nitrogens with one attached hydrogen (secondary N) is 2. The van der Waals surface area contributed by atoms with E-state index in [9.17, 15) is 4.79 Å². The third kappa shape index (κ3) is 4.31. The second-order valence-corrected chi connectivity index (χ2v) is 8.35. The summed E-state index contributed by atoms with van der Waals surface area (Å²) in [4.78, 5) is 18.4. The minimum absolute atomic E-state index is 0.126. The fourth-order valence-corrected chi connectivity index (χ4v) is 4.47. The average Bonchev–Trinajstić information content (AvgIpc) is 3.36. The molecule has 7 heteroatoms. The van der Waals surface area contributed by atoms with Gasteiger partial charge in [-0.05, 0) is 32.4 Å². The topological polar surface area (TPSA) is 71.8 Å². The van der Waals surface area contributed by atoms with Gasteiger partial charge in [-0.15, -0.1) is 11.3 Å². The molecule has 2 N–H and O–H groups in total. The van der Waals surface area contributed by atoms with E-state index in [1.807, 2.05) is 29.1 Å². The number of carbonyl (C=O) groups excluding carboxylic acids is 1. The van der Waals surface area contributed by atoms with Gasteiger partial charge in [-0.2, -0.15) is 5.10 Å². The minimum atomic E-state index is -0.126. The highest BCUT2D eigenvalue weighted by atomic mass is 32.1. The number of piperidine rings is 1. The normalized spacial score (nSPS) is 16.8. The predicted octanol–water partition coefficient (Wildman–Crippen LogP) is 3.21. The Morgan fingerprint density at radius 1 is 1.32 bits per heavy atom. The monoisotopic (exact) mass is 395 g/mol. The van der Waals surface area contributed by atoms with Crippen molar-refractivity contribution in [3.05, 3.63) is 58.2 Å². The molecule has 1 amide bonds. The van der Waals surface area contributed by atoms with E-state index in [-0.39, 0.29) is 5.91 Å². The van der Waals surface area contributed by atoms with Crippen molar-refractivity contribution in [2.24, 2.45) is 0 Å². The van der Waals surface area contributed by atoms with Crippen LogP contribution in [0.2, 0.25) is 0 Å². The summed E-state index contributed by atoms with van der Waals surface area (Å²) in [7, 11) is 0. The molecule has 3 heterocycles. The number of rotatable bonds is 6. The van der Waals surface area contributed by atoms with Gasteiger partial charge in [0, 0.05) is 36.1 Å². The third-order valence-corrected chi connectivity index (χ3v) is 6.03. The van der Waals surface area contributed by atoms with Crippen LogP contribution in [0.4, 0.5) is 0 Å². The van der Waals surface area contributed by atoms with E-state index >= 15 is 0 Å². The molecule has 1 fully saturated rings. The highest BCUT2D eigenvalue weighted by molar-refractivity contribution is 7.12. The Morgan fingerprint density at radius 3 is 2.96 bits per heavy atom. The van der Waals surface area contributed by atoms with E-state index < -0.39 is 0 Å². The second kappa shape index (κ2) is 8.67. The van der Waals surface area contributed by atoms with Crippen molar-refractivity contribution < 1.29 is 4.79 Å². The Bertz CT molecular complexity index is 927. The molecule has 2 aromatic heterocycles. The molecule has 0 aliphatic carbocycles. The van der Waals surface area contributed by atoms with Gasteiger partial charge < -0.3 is 10.6 Å². The van der Waals surface area contributed by atoms with Crippen molar-refractivity contribution >= 4 is 17.2 Å². The highest BCUT2D eigenvalue weighted by Crippen LogP contribution is 2.27. The van der Waals surface area contributed by atoms with Crippen molar-refractivity contribution in [1.82, 2.24) is 25.4 Å². The quantitative estimate of drug-likeness (QED) is 0.672. The van der Waals surface area contributed by atoms with Gasteiger partial charge in [-0.3, -0.25) is 9.48 Å². The minimum Gasteiger partial charge on any atom is -0.350 e. The Hall–Kier alpha value is -2.51. The van der Waals surface area contributed by atoms with E-state index in [4.69, 9.17) is 4.98 Å². The number of hydrogen-bond donors (Lipinski definition) is 2. The van der Waals surface area contributed by atoms with Crippen LogP contribution in [-0.4, -0.2) is 40.3 Å². The molecule has 1 unspecified atom stereocenters. The summed E-state index contributed by atoms with van der Waals surface area (Å²) in [6.07, 6.45) is 4.87. The van der Waals surface area contributed by atoms with Crippen LogP contribution in [0, 0.1) is 6.92 Å². The third-order valence-electron chi connectivity index (χ3n) is 5.00. The smallest absolute Gasteiger partial charge is 0.271 e. The molecule has 28 heavy (non-hydrogen) atoms. The molecular formula is C21H25N5OS. The number of benzene rings is 1. The van der Waals surface area contributed by atoms with Gasteiger partial charge in [-0.25, -0.2) is 4.98 Å². The van der Waals surface area contributed by atoms with Crippen LogP contribution in [0.3, 0.4) is 0 Å². The maximum atomic E-state index is 12.4. The Labute approximate surface area is 169 Å². The van der Waals surface area contributed by atoms with Crippen molar-refractivity contribution in [2.75, 3.05) is 19.6 Å². The number of hydrogen-bond acceptors (Lipinski definition) is 5. The SMILES string of the molecule is Cc1sc(CCNC(=O)c2ccn(C3CCCNC3)n2)nc1-c1ccccc1. The summed E-state index contributed by atoms with van der Waals surface area (Å²) >= 11 is 1.69. The van der Waals surface area contributed by atoms with Crippen LogP contribution in [0.1, 0.15) is 39.3 Å². The Morgan fingerprint density at radius 2 is 2.18 bits per heavy atom. The van der Waals surface area contributed by atoms with Crippen LogP contribution >= 0.6 is 11.3 Å². The van der Waals surface area contributed by atoms with Crippen LogP contribution < -0.4 is 10.6 Å². The van der Waals surface area contributed by atoms with Crippen molar-refractivity contribution in [1.29, 1.82) is 0 Å². The van der Waals surface area contributed by atoms with Crippen LogP contribution in [0.5, 0.6) is 0 Å². The van der Waals surface area contributed by atoms with Gasteiger partial charge in [0.15, 0.2) is 0 Å². The lowest BCUT2D eigenvalue weighted by atomic mass is 10.1. The van der Waals surface area contributed by atoms with E-state index in [0.29, 0.717) is 18.3 Å². The summed E-state index contributed by atoms with van der Waals surface area (Å²) in [5.74, 6) is -0.126. The number of amides is 1. The molecule has 3 aromatic rings. The first-order valence-electron chi connectivity index (χ1n) is 9.76. The predicted molar refractivity (Wildman–Crippen MR) is 112 cm³/mol. The summed E-state index contributed by atoms with van der Waals surface area (Å²) in [6.45, 7) is 4.62. The van der Waals surface area contributed by atoms with Gasteiger partial charge in [0.25, 0.3) is 5.91 Å². The maximum Gasteiger partial charge on any atom is 0.271 e. The molecule has 1 aliphatic rings. The molecular weight excluding hydrogens is 370 g/mol. The fourth-order valence-electron chi connectivity index (χ4n) is 3.52. The number of aromatic nitrogens is 3. The van der Waals surface area contributed by atoms with E-state index in [1.54, 1.807) is 17.4 Å². The molecule has 1 aromatic carbocycles. The van der Waals surface area contributed by atoms with Crippen LogP contribution in [0.25, 0.3) is 11.3 Å². The zero-order valence-electron chi connectivity index (χ0n) is 16.0. The molecule has 146 valence electrons. The lowest BCUT2D eigenvalue weighted by Gasteiger charge is -2.22. The maximum absolute atomic E-state index is 12.4. The summed E-state index contributed by atoms with van der Waals surface area (Å²) in [6, 6.07) is 12.3. The number of carbonyl (C=O) groups is 1. The molecule has 1 saturated heterocycles. The highest BCUT2D eigenvalue weighted by Gasteiger charge is 2.17.